The first-order valence-electron chi connectivity index (χ1n) is 8.49. The van der Waals surface area contributed by atoms with Crippen molar-refractivity contribution in [2.45, 2.75) is 39.7 Å². The average molecular weight is 341 g/mol. The third-order valence-electron chi connectivity index (χ3n) is 5.20. The zero-order valence-electron chi connectivity index (χ0n) is 14.8. The molecule has 0 aliphatic carbocycles. The summed E-state index contributed by atoms with van der Waals surface area (Å²) < 4.78 is 1.76. The zero-order valence-corrected chi connectivity index (χ0v) is 14.8. The lowest BCUT2D eigenvalue weighted by Crippen LogP contribution is -2.32. The number of carbonyl (C=O) groups excluding carboxylic acids is 1. The number of aryl methyl sites for hydroxylation is 1. The monoisotopic (exact) mass is 341 g/mol. The Balaban J connectivity index is 1.71. The lowest BCUT2D eigenvalue weighted by atomic mass is 9.93. The predicted octanol–water partition coefficient (Wildman–Crippen LogP) is 2.52. The summed E-state index contributed by atoms with van der Waals surface area (Å²) >= 11 is 0. The first-order chi connectivity index (χ1) is 11.9. The fourth-order valence-electron chi connectivity index (χ4n) is 3.46. The Morgan fingerprint density at radius 1 is 1.24 bits per heavy atom. The van der Waals surface area contributed by atoms with Crippen molar-refractivity contribution in [3.8, 4) is 0 Å². The van der Waals surface area contributed by atoms with Gasteiger partial charge in [-0.1, -0.05) is 18.2 Å². The summed E-state index contributed by atoms with van der Waals surface area (Å²) in [6, 6.07) is 7.06. The molecule has 1 aliphatic heterocycles. The van der Waals surface area contributed by atoms with Gasteiger partial charge in [-0.25, -0.2) is 4.79 Å². The second kappa shape index (κ2) is 6.70. The first kappa shape index (κ1) is 17.2. The lowest BCUT2D eigenvalue weighted by molar-refractivity contribution is -0.131. The summed E-state index contributed by atoms with van der Waals surface area (Å²) in [5, 5.41) is 13.8. The third-order valence-corrected chi connectivity index (χ3v) is 5.20. The molecule has 1 N–H and O–H groups in total. The van der Waals surface area contributed by atoms with Gasteiger partial charge in [-0.15, -0.1) is 0 Å². The molecule has 1 unspecified atom stereocenters. The topological polar surface area (TPSA) is 75.4 Å². The summed E-state index contributed by atoms with van der Waals surface area (Å²) in [6.45, 7) is 7.36. The van der Waals surface area contributed by atoms with Crippen molar-refractivity contribution in [2.24, 2.45) is 0 Å². The Kier molecular flexibility index (Phi) is 4.61. The molecule has 6 heteroatoms. The second-order valence-electron chi connectivity index (χ2n) is 6.67. The molecule has 1 amide bonds. The molecule has 1 aromatic carbocycles. The van der Waals surface area contributed by atoms with E-state index < -0.39 is 5.97 Å². The van der Waals surface area contributed by atoms with Crippen LogP contribution in [0.25, 0.3) is 0 Å². The van der Waals surface area contributed by atoms with Gasteiger partial charge in [-0.05, 0) is 44.4 Å². The van der Waals surface area contributed by atoms with Gasteiger partial charge in [0.1, 0.15) is 6.54 Å². The van der Waals surface area contributed by atoms with Gasteiger partial charge in [-0.3, -0.25) is 9.48 Å². The molecule has 2 aromatic rings. The fourth-order valence-corrected chi connectivity index (χ4v) is 3.46. The number of carboxylic acids is 1. The highest BCUT2D eigenvalue weighted by Gasteiger charge is 2.30. The number of likely N-dealkylation sites (tertiary alicyclic amines) is 1. The number of rotatable bonds is 4. The van der Waals surface area contributed by atoms with Gasteiger partial charge >= 0.3 is 5.97 Å². The number of aromatic carboxylic acids is 1. The van der Waals surface area contributed by atoms with Crippen LogP contribution in [-0.4, -0.2) is 44.8 Å². The van der Waals surface area contributed by atoms with E-state index in [-0.39, 0.29) is 18.4 Å². The van der Waals surface area contributed by atoms with Crippen LogP contribution in [0.5, 0.6) is 0 Å². The zero-order chi connectivity index (χ0) is 18.1. The van der Waals surface area contributed by atoms with Crippen LogP contribution in [0.15, 0.2) is 24.3 Å². The Hall–Kier alpha value is -2.63. The molecule has 1 atom stereocenters. The Morgan fingerprint density at radius 3 is 2.60 bits per heavy atom. The van der Waals surface area contributed by atoms with Crippen molar-refractivity contribution in [2.75, 3.05) is 13.1 Å². The van der Waals surface area contributed by atoms with Crippen LogP contribution < -0.4 is 0 Å². The minimum absolute atomic E-state index is 0.0286. The lowest BCUT2D eigenvalue weighted by Gasteiger charge is -2.18. The number of aromatic nitrogens is 2. The SMILES string of the molecule is Cc1nn(CC(=O)N2CCC(c3ccccc3C(=O)O)C2)c(C)c1C. The summed E-state index contributed by atoms with van der Waals surface area (Å²) in [5.74, 6) is -0.821. The number of hydrogen-bond donors (Lipinski definition) is 1. The highest BCUT2D eigenvalue weighted by Crippen LogP contribution is 2.30. The van der Waals surface area contributed by atoms with Gasteiger partial charge in [-0.2, -0.15) is 5.10 Å². The molecule has 25 heavy (non-hydrogen) atoms. The van der Waals surface area contributed by atoms with E-state index in [2.05, 4.69) is 5.10 Å². The molecular formula is C19H23N3O3. The molecule has 0 radical (unpaired) electrons. The van der Waals surface area contributed by atoms with Gasteiger partial charge in [0.2, 0.25) is 5.91 Å². The van der Waals surface area contributed by atoms with E-state index >= 15 is 0 Å². The van der Waals surface area contributed by atoms with Crippen molar-refractivity contribution in [1.29, 1.82) is 0 Å². The number of nitrogens with zero attached hydrogens (tertiary/aromatic N) is 3. The van der Waals surface area contributed by atoms with Crippen molar-refractivity contribution in [3.63, 3.8) is 0 Å². The van der Waals surface area contributed by atoms with E-state index in [0.717, 1.165) is 28.9 Å². The molecule has 1 saturated heterocycles. The summed E-state index contributed by atoms with van der Waals surface area (Å²) in [4.78, 5) is 25.9. The molecule has 1 fully saturated rings. The molecular weight excluding hydrogens is 318 g/mol. The van der Waals surface area contributed by atoms with E-state index in [1.54, 1.807) is 16.8 Å². The summed E-state index contributed by atoms with van der Waals surface area (Å²) in [7, 11) is 0. The highest BCUT2D eigenvalue weighted by molar-refractivity contribution is 5.89. The molecule has 6 nitrogen and oxygen atoms in total. The van der Waals surface area contributed by atoms with Crippen LogP contribution in [0.4, 0.5) is 0 Å². The average Bonchev–Trinajstić information content (AvgIpc) is 3.17. The molecule has 0 bridgehead atoms. The molecule has 0 spiro atoms. The van der Waals surface area contributed by atoms with Crippen molar-refractivity contribution >= 4 is 11.9 Å². The van der Waals surface area contributed by atoms with Crippen molar-refractivity contribution in [1.82, 2.24) is 14.7 Å². The van der Waals surface area contributed by atoms with E-state index in [0.29, 0.717) is 18.7 Å². The van der Waals surface area contributed by atoms with E-state index in [4.69, 9.17) is 0 Å². The maximum Gasteiger partial charge on any atom is 0.335 e. The molecule has 0 saturated carbocycles. The fraction of sp³-hybridized carbons (Fsp3) is 0.421. The van der Waals surface area contributed by atoms with Crippen LogP contribution >= 0.6 is 0 Å². The minimum Gasteiger partial charge on any atom is -0.478 e. The van der Waals surface area contributed by atoms with Crippen LogP contribution in [0.1, 0.15) is 45.2 Å². The van der Waals surface area contributed by atoms with E-state index in [1.807, 2.05) is 37.8 Å². The van der Waals surface area contributed by atoms with Gasteiger partial charge in [0.15, 0.2) is 0 Å². The van der Waals surface area contributed by atoms with Gasteiger partial charge in [0.05, 0.1) is 11.3 Å². The number of carboxylic acid groups (broad SMARTS) is 1. The maximum atomic E-state index is 12.6. The number of carbonyl (C=O) groups is 2. The number of benzene rings is 1. The molecule has 2 heterocycles. The maximum absolute atomic E-state index is 12.6. The molecule has 132 valence electrons. The summed E-state index contributed by atoms with van der Waals surface area (Å²) in [5.41, 5.74) is 4.21. The van der Waals surface area contributed by atoms with E-state index in [1.165, 1.54) is 0 Å². The molecule has 3 rings (SSSR count). The number of amides is 1. The number of hydrogen-bond acceptors (Lipinski definition) is 3. The Bertz CT molecular complexity index is 825. The van der Waals surface area contributed by atoms with Crippen molar-refractivity contribution in [3.05, 3.63) is 52.3 Å². The summed E-state index contributed by atoms with van der Waals surface area (Å²) in [6.07, 6.45) is 0.784. The smallest absolute Gasteiger partial charge is 0.335 e. The van der Waals surface area contributed by atoms with E-state index in [9.17, 15) is 14.7 Å². The quantitative estimate of drug-likeness (QED) is 0.927. The second-order valence-corrected chi connectivity index (χ2v) is 6.67. The van der Waals surface area contributed by atoms with Gasteiger partial charge in [0, 0.05) is 24.7 Å². The molecule has 1 aromatic heterocycles. The normalized spacial score (nSPS) is 17.1. The van der Waals surface area contributed by atoms with Crippen LogP contribution in [0.2, 0.25) is 0 Å². The Labute approximate surface area is 147 Å². The highest BCUT2D eigenvalue weighted by atomic mass is 16.4. The predicted molar refractivity (Wildman–Crippen MR) is 93.8 cm³/mol. The largest absolute Gasteiger partial charge is 0.478 e. The standard InChI is InChI=1S/C19H23N3O3/c1-12-13(2)20-22(14(12)3)11-18(23)21-9-8-15(10-21)16-6-4-5-7-17(16)19(24)25/h4-7,15H,8-11H2,1-3H3,(H,24,25). The first-order valence-corrected chi connectivity index (χ1v) is 8.49. The molecule has 1 aliphatic rings. The van der Waals surface area contributed by atoms with Crippen molar-refractivity contribution < 1.29 is 14.7 Å². The van der Waals surface area contributed by atoms with Gasteiger partial charge in [0.25, 0.3) is 0 Å². The Morgan fingerprint density at radius 2 is 1.96 bits per heavy atom. The van der Waals surface area contributed by atoms with Crippen LogP contribution in [-0.2, 0) is 11.3 Å². The van der Waals surface area contributed by atoms with Crippen LogP contribution in [0, 0.1) is 20.8 Å². The van der Waals surface area contributed by atoms with Gasteiger partial charge < -0.3 is 10.0 Å². The third kappa shape index (κ3) is 3.29. The minimum atomic E-state index is -0.918. The van der Waals surface area contributed by atoms with Crippen LogP contribution in [0.3, 0.4) is 0 Å².